The van der Waals surface area contributed by atoms with Crippen LogP contribution in [-0.4, -0.2) is 31.5 Å². The van der Waals surface area contributed by atoms with Gasteiger partial charge in [0.15, 0.2) is 5.96 Å². The van der Waals surface area contributed by atoms with E-state index in [2.05, 4.69) is 41.7 Å². The molecule has 1 rings (SSSR count). The van der Waals surface area contributed by atoms with Gasteiger partial charge in [0, 0.05) is 31.7 Å². The first-order valence-corrected chi connectivity index (χ1v) is 7.82. The van der Waals surface area contributed by atoms with Gasteiger partial charge in [0.05, 0.1) is 0 Å². The lowest BCUT2D eigenvalue weighted by atomic mass is 10.1. The number of halogens is 1. The highest BCUT2D eigenvalue weighted by Gasteiger charge is 2.09. The molecule has 0 aliphatic heterocycles. The highest BCUT2D eigenvalue weighted by atomic mass is 127. The van der Waals surface area contributed by atoms with Gasteiger partial charge in [-0.2, -0.15) is 0 Å². The summed E-state index contributed by atoms with van der Waals surface area (Å²) in [5, 5.41) is 9.43. The topological polar surface area (TPSA) is 65.5 Å². The first kappa shape index (κ1) is 21.7. The Hall–Kier alpha value is -1.31. The third-order valence-electron chi connectivity index (χ3n) is 3.60. The summed E-state index contributed by atoms with van der Waals surface area (Å²) in [6.07, 6.45) is 0. The lowest BCUT2D eigenvalue weighted by Gasteiger charge is -2.20. The van der Waals surface area contributed by atoms with Crippen LogP contribution in [0.25, 0.3) is 0 Å². The van der Waals surface area contributed by atoms with Gasteiger partial charge in [0.2, 0.25) is 0 Å². The first-order valence-electron chi connectivity index (χ1n) is 7.82. The fourth-order valence-electron chi connectivity index (χ4n) is 1.80. The van der Waals surface area contributed by atoms with Crippen molar-refractivity contribution in [3.05, 3.63) is 35.4 Å². The molecule has 0 saturated heterocycles. The number of hydrogen-bond donors (Lipinski definition) is 3. The monoisotopic (exact) mass is 432 g/mol. The molecule has 23 heavy (non-hydrogen) atoms. The van der Waals surface area contributed by atoms with Gasteiger partial charge in [-0.05, 0) is 37.5 Å². The molecule has 1 aromatic rings. The molecule has 0 fully saturated rings. The number of aliphatic imine (C=N–C) groups is 1. The summed E-state index contributed by atoms with van der Waals surface area (Å²) in [5.41, 5.74) is 1.79. The van der Waals surface area contributed by atoms with Crippen LogP contribution in [0.3, 0.4) is 0 Å². The third-order valence-corrected chi connectivity index (χ3v) is 3.60. The Bertz CT molecular complexity index is 500. The van der Waals surface area contributed by atoms with Gasteiger partial charge < -0.3 is 16.0 Å². The van der Waals surface area contributed by atoms with Gasteiger partial charge in [0.25, 0.3) is 5.91 Å². The second-order valence-corrected chi connectivity index (χ2v) is 5.66. The molecule has 0 bridgehead atoms. The van der Waals surface area contributed by atoms with Crippen LogP contribution in [0, 0.1) is 5.92 Å². The number of rotatable bonds is 6. The van der Waals surface area contributed by atoms with E-state index in [1.807, 2.05) is 31.2 Å². The first-order chi connectivity index (χ1) is 10.5. The van der Waals surface area contributed by atoms with Gasteiger partial charge in [-0.3, -0.25) is 9.79 Å². The number of nitrogens with one attached hydrogen (secondary N) is 3. The van der Waals surface area contributed by atoms with E-state index in [-0.39, 0.29) is 29.9 Å². The van der Waals surface area contributed by atoms with Gasteiger partial charge >= 0.3 is 0 Å². The number of carbonyl (C=O) groups excluding carboxylic acids is 1. The molecule has 6 heteroatoms. The molecule has 0 aromatic heterocycles. The van der Waals surface area contributed by atoms with E-state index in [1.165, 1.54) is 0 Å². The van der Waals surface area contributed by atoms with Crippen LogP contribution < -0.4 is 16.0 Å². The van der Waals surface area contributed by atoms with E-state index in [4.69, 9.17) is 0 Å². The Labute approximate surface area is 156 Å². The number of guanidine groups is 1. The standard InChI is InChI=1S/C17H28N4O.HI/c1-6-19-16(22)15-9-7-14(8-10-15)11-20-17(18-5)21-13(4)12(2)3;/h7-10,12-13H,6,11H2,1-5H3,(H,19,22)(H2,18,20,21);1H. The molecule has 3 N–H and O–H groups in total. The molecule has 0 saturated carbocycles. The average Bonchev–Trinajstić information content (AvgIpc) is 2.51. The van der Waals surface area contributed by atoms with Crippen molar-refractivity contribution < 1.29 is 4.79 Å². The Morgan fingerprint density at radius 2 is 1.74 bits per heavy atom. The molecule has 0 aliphatic rings. The molecule has 1 aromatic carbocycles. The fraction of sp³-hybridized carbons (Fsp3) is 0.529. The second kappa shape index (κ2) is 11.3. The highest BCUT2D eigenvalue weighted by molar-refractivity contribution is 14.0. The summed E-state index contributed by atoms with van der Waals surface area (Å²) in [7, 11) is 1.76. The Kier molecular flexibility index (Phi) is 10.6. The van der Waals surface area contributed by atoms with Crippen LogP contribution in [0.1, 0.15) is 43.6 Å². The third kappa shape index (κ3) is 7.67. The number of carbonyl (C=O) groups is 1. The zero-order valence-electron chi connectivity index (χ0n) is 14.6. The molecule has 0 aliphatic carbocycles. The van der Waals surface area contributed by atoms with Gasteiger partial charge in [-0.25, -0.2) is 0 Å². The molecular weight excluding hydrogens is 403 g/mol. The Morgan fingerprint density at radius 3 is 2.22 bits per heavy atom. The van der Waals surface area contributed by atoms with Crippen LogP contribution in [-0.2, 0) is 6.54 Å². The minimum atomic E-state index is -0.0368. The van der Waals surface area contributed by atoms with Crippen molar-refractivity contribution in [2.45, 2.75) is 40.3 Å². The quantitative estimate of drug-likeness (QED) is 0.368. The average molecular weight is 432 g/mol. The van der Waals surface area contributed by atoms with E-state index < -0.39 is 0 Å². The number of benzene rings is 1. The Balaban J connectivity index is 0.00000484. The largest absolute Gasteiger partial charge is 0.354 e. The van der Waals surface area contributed by atoms with Crippen LogP contribution in [0.2, 0.25) is 0 Å². The molecule has 1 unspecified atom stereocenters. The van der Waals surface area contributed by atoms with Crippen molar-refractivity contribution in [2.75, 3.05) is 13.6 Å². The summed E-state index contributed by atoms with van der Waals surface area (Å²) < 4.78 is 0. The Morgan fingerprint density at radius 1 is 1.13 bits per heavy atom. The molecule has 0 heterocycles. The van der Waals surface area contributed by atoms with Crippen molar-refractivity contribution >= 4 is 35.8 Å². The second-order valence-electron chi connectivity index (χ2n) is 5.66. The molecule has 0 spiro atoms. The van der Waals surface area contributed by atoms with Crippen LogP contribution in [0.15, 0.2) is 29.3 Å². The zero-order chi connectivity index (χ0) is 16.5. The van der Waals surface area contributed by atoms with Gasteiger partial charge in [-0.15, -0.1) is 24.0 Å². The van der Waals surface area contributed by atoms with Crippen LogP contribution in [0.4, 0.5) is 0 Å². The predicted molar refractivity (Wildman–Crippen MR) is 107 cm³/mol. The lowest BCUT2D eigenvalue weighted by Crippen LogP contribution is -2.43. The van der Waals surface area contributed by atoms with E-state index in [0.29, 0.717) is 30.6 Å². The van der Waals surface area contributed by atoms with Gasteiger partial charge in [0.1, 0.15) is 0 Å². The number of amides is 1. The minimum Gasteiger partial charge on any atom is -0.354 e. The smallest absolute Gasteiger partial charge is 0.251 e. The number of nitrogens with zero attached hydrogens (tertiary/aromatic N) is 1. The molecular formula is C17H29IN4O. The maximum absolute atomic E-state index is 11.7. The van der Waals surface area contributed by atoms with Gasteiger partial charge in [-0.1, -0.05) is 26.0 Å². The maximum atomic E-state index is 11.7. The summed E-state index contributed by atoms with van der Waals surface area (Å²) >= 11 is 0. The zero-order valence-corrected chi connectivity index (χ0v) is 17.0. The van der Waals surface area contributed by atoms with Crippen molar-refractivity contribution in [3.63, 3.8) is 0 Å². The number of hydrogen-bond acceptors (Lipinski definition) is 2. The highest BCUT2D eigenvalue weighted by Crippen LogP contribution is 2.05. The van der Waals surface area contributed by atoms with E-state index >= 15 is 0 Å². The van der Waals surface area contributed by atoms with Crippen molar-refractivity contribution in [3.8, 4) is 0 Å². The van der Waals surface area contributed by atoms with Crippen molar-refractivity contribution in [1.82, 2.24) is 16.0 Å². The summed E-state index contributed by atoms with van der Waals surface area (Å²) in [6, 6.07) is 7.95. The molecule has 0 radical (unpaired) electrons. The van der Waals surface area contributed by atoms with Crippen molar-refractivity contribution in [2.24, 2.45) is 10.9 Å². The normalized spacial score (nSPS) is 12.3. The van der Waals surface area contributed by atoms with E-state index in [1.54, 1.807) is 7.05 Å². The fourth-order valence-corrected chi connectivity index (χ4v) is 1.80. The predicted octanol–water partition coefficient (Wildman–Crippen LogP) is 2.76. The summed E-state index contributed by atoms with van der Waals surface area (Å²) in [4.78, 5) is 15.9. The van der Waals surface area contributed by atoms with E-state index in [9.17, 15) is 4.79 Å². The minimum absolute atomic E-state index is 0. The summed E-state index contributed by atoms with van der Waals surface area (Å²) in [6.45, 7) is 9.69. The molecule has 1 amide bonds. The van der Waals surface area contributed by atoms with Crippen LogP contribution >= 0.6 is 24.0 Å². The SMILES string of the molecule is CCNC(=O)c1ccc(CNC(=NC)NC(C)C(C)C)cc1.I. The maximum Gasteiger partial charge on any atom is 0.251 e. The molecule has 1 atom stereocenters. The summed E-state index contributed by atoms with van der Waals surface area (Å²) in [5.74, 6) is 1.29. The molecule has 130 valence electrons. The van der Waals surface area contributed by atoms with Crippen LogP contribution in [0.5, 0.6) is 0 Å². The molecule has 5 nitrogen and oxygen atoms in total. The lowest BCUT2D eigenvalue weighted by molar-refractivity contribution is 0.0956. The van der Waals surface area contributed by atoms with Crippen molar-refractivity contribution in [1.29, 1.82) is 0 Å². The van der Waals surface area contributed by atoms with E-state index in [0.717, 1.165) is 11.5 Å².